The van der Waals surface area contributed by atoms with Crippen molar-refractivity contribution >= 4 is 10.8 Å². The molecule has 1 aliphatic rings. The second-order valence-electron chi connectivity index (χ2n) is 4.14. The Balaban J connectivity index is 2.22. The van der Waals surface area contributed by atoms with Crippen LogP contribution < -0.4 is 4.74 Å². The largest absolute Gasteiger partial charge is 0.456 e. The molecule has 0 saturated heterocycles. The normalized spacial score (nSPS) is 12.0. The average molecular weight is 219 g/mol. The summed E-state index contributed by atoms with van der Waals surface area (Å²) < 4.78 is 5.92. The lowest BCUT2D eigenvalue weighted by Crippen LogP contribution is -1.96. The van der Waals surface area contributed by atoms with Gasteiger partial charge >= 0.3 is 0 Å². The van der Waals surface area contributed by atoms with E-state index in [2.05, 4.69) is 17.1 Å². The zero-order valence-electron chi connectivity index (χ0n) is 9.05. The third kappa shape index (κ3) is 1.12. The first-order chi connectivity index (χ1) is 8.43. The third-order valence-corrected chi connectivity index (χ3v) is 3.14. The van der Waals surface area contributed by atoms with Crippen molar-refractivity contribution in [2.24, 2.45) is 0 Å². The zero-order valence-corrected chi connectivity index (χ0v) is 9.05. The smallest absolute Gasteiger partial charge is 0.136 e. The van der Waals surface area contributed by atoms with Gasteiger partial charge in [0.1, 0.15) is 11.5 Å². The number of rotatable bonds is 0. The fraction of sp³-hybridized carbons (Fsp3) is 0. The molecule has 17 heavy (non-hydrogen) atoms. The van der Waals surface area contributed by atoms with E-state index in [1.807, 2.05) is 42.7 Å². The van der Waals surface area contributed by atoms with Gasteiger partial charge in [-0.1, -0.05) is 30.3 Å². The van der Waals surface area contributed by atoms with E-state index in [9.17, 15) is 0 Å². The summed E-state index contributed by atoms with van der Waals surface area (Å²) in [5.41, 5.74) is 2.27. The third-order valence-electron chi connectivity index (χ3n) is 3.14. The molecule has 4 rings (SSSR count). The molecule has 2 nitrogen and oxygen atoms in total. The highest BCUT2D eigenvalue weighted by Gasteiger charge is 2.18. The van der Waals surface area contributed by atoms with Gasteiger partial charge in [0, 0.05) is 34.3 Å². The molecule has 2 heterocycles. The topological polar surface area (TPSA) is 22.1 Å². The van der Waals surface area contributed by atoms with Crippen molar-refractivity contribution in [1.82, 2.24) is 4.98 Å². The van der Waals surface area contributed by atoms with E-state index in [4.69, 9.17) is 4.74 Å². The Morgan fingerprint density at radius 1 is 0.765 bits per heavy atom. The van der Waals surface area contributed by atoms with E-state index < -0.39 is 0 Å². The molecule has 3 aromatic rings. The highest BCUT2D eigenvalue weighted by atomic mass is 16.5. The monoisotopic (exact) mass is 219 g/mol. The van der Waals surface area contributed by atoms with Crippen LogP contribution in [0.5, 0.6) is 11.5 Å². The molecular weight excluding hydrogens is 210 g/mol. The Hall–Kier alpha value is -2.35. The molecule has 0 spiro atoms. The standard InChI is InChI=1S/C15H9NO/c1-2-6-13-11(5-1)12-9-16-8-10-4-3-7-14(17-13)15(10)12/h1-9H. The van der Waals surface area contributed by atoms with Crippen LogP contribution in [-0.2, 0) is 0 Å². The number of ether oxygens (including phenoxy) is 1. The average Bonchev–Trinajstić information content (AvgIpc) is 2.39. The van der Waals surface area contributed by atoms with Crippen LogP contribution in [0.15, 0.2) is 54.9 Å². The molecule has 0 N–H and O–H groups in total. The molecule has 0 radical (unpaired) electrons. The van der Waals surface area contributed by atoms with E-state index in [1.165, 1.54) is 0 Å². The van der Waals surface area contributed by atoms with E-state index in [0.29, 0.717) is 0 Å². The minimum Gasteiger partial charge on any atom is -0.456 e. The lowest BCUT2D eigenvalue weighted by Gasteiger charge is -2.20. The summed E-state index contributed by atoms with van der Waals surface area (Å²) in [5, 5.41) is 2.27. The minimum atomic E-state index is 0.903. The zero-order chi connectivity index (χ0) is 11.2. The van der Waals surface area contributed by atoms with E-state index in [0.717, 1.165) is 33.4 Å². The van der Waals surface area contributed by atoms with Crippen LogP contribution in [0.1, 0.15) is 0 Å². The molecule has 2 aromatic carbocycles. The first-order valence-corrected chi connectivity index (χ1v) is 5.57. The second-order valence-corrected chi connectivity index (χ2v) is 4.14. The molecule has 0 atom stereocenters. The van der Waals surface area contributed by atoms with E-state index in [-0.39, 0.29) is 0 Å². The van der Waals surface area contributed by atoms with Crippen LogP contribution in [0.3, 0.4) is 0 Å². The minimum absolute atomic E-state index is 0.903. The highest BCUT2D eigenvalue weighted by molar-refractivity contribution is 6.03. The number of aromatic nitrogens is 1. The fourth-order valence-electron chi connectivity index (χ4n) is 2.39. The predicted octanol–water partition coefficient (Wildman–Crippen LogP) is 4.01. The van der Waals surface area contributed by atoms with Crippen molar-refractivity contribution in [3.05, 3.63) is 54.9 Å². The SMILES string of the molecule is c1ccc2c(c1)Oc1cccc3cncc-2c13. The Morgan fingerprint density at radius 2 is 1.65 bits per heavy atom. The first-order valence-electron chi connectivity index (χ1n) is 5.57. The summed E-state index contributed by atoms with van der Waals surface area (Å²) in [6, 6.07) is 14.1. The quantitative estimate of drug-likeness (QED) is 0.446. The van der Waals surface area contributed by atoms with Crippen molar-refractivity contribution in [3.8, 4) is 22.6 Å². The fourth-order valence-corrected chi connectivity index (χ4v) is 2.39. The molecule has 0 aliphatic carbocycles. The van der Waals surface area contributed by atoms with E-state index >= 15 is 0 Å². The van der Waals surface area contributed by atoms with Gasteiger partial charge in [-0.25, -0.2) is 0 Å². The lowest BCUT2D eigenvalue weighted by atomic mass is 9.97. The number of fused-ring (bicyclic) bond motifs is 2. The summed E-state index contributed by atoms with van der Waals surface area (Å²) in [7, 11) is 0. The lowest BCUT2D eigenvalue weighted by molar-refractivity contribution is 0.487. The molecule has 0 bridgehead atoms. The van der Waals surface area contributed by atoms with Gasteiger partial charge in [-0.05, 0) is 12.1 Å². The van der Waals surface area contributed by atoms with Gasteiger partial charge in [-0.2, -0.15) is 0 Å². The Kier molecular flexibility index (Phi) is 1.59. The number of benzene rings is 2. The first kappa shape index (κ1) is 8.76. The predicted molar refractivity (Wildman–Crippen MR) is 67.3 cm³/mol. The summed E-state index contributed by atoms with van der Waals surface area (Å²) in [4.78, 5) is 4.30. The van der Waals surface area contributed by atoms with Crippen molar-refractivity contribution in [2.45, 2.75) is 0 Å². The van der Waals surface area contributed by atoms with Crippen molar-refractivity contribution in [2.75, 3.05) is 0 Å². The van der Waals surface area contributed by atoms with Gasteiger partial charge in [-0.15, -0.1) is 0 Å². The number of hydrogen-bond acceptors (Lipinski definition) is 2. The van der Waals surface area contributed by atoms with Gasteiger partial charge in [0.15, 0.2) is 0 Å². The molecule has 1 aliphatic heterocycles. The molecule has 0 saturated carbocycles. The van der Waals surface area contributed by atoms with Crippen LogP contribution in [0, 0.1) is 0 Å². The number of hydrogen-bond donors (Lipinski definition) is 0. The van der Waals surface area contributed by atoms with Gasteiger partial charge < -0.3 is 4.74 Å². The Morgan fingerprint density at radius 3 is 2.65 bits per heavy atom. The molecule has 0 fully saturated rings. The maximum absolute atomic E-state index is 5.92. The van der Waals surface area contributed by atoms with Gasteiger partial charge in [-0.3, -0.25) is 4.98 Å². The van der Waals surface area contributed by atoms with Crippen LogP contribution in [0.2, 0.25) is 0 Å². The molecular formula is C15H9NO. The summed E-state index contributed by atoms with van der Waals surface area (Å²) in [6.07, 6.45) is 3.78. The van der Waals surface area contributed by atoms with Crippen molar-refractivity contribution < 1.29 is 4.74 Å². The van der Waals surface area contributed by atoms with Crippen molar-refractivity contribution in [1.29, 1.82) is 0 Å². The second kappa shape index (κ2) is 3.08. The van der Waals surface area contributed by atoms with Crippen LogP contribution >= 0.6 is 0 Å². The molecule has 80 valence electrons. The summed E-state index contributed by atoms with van der Waals surface area (Å²) >= 11 is 0. The molecule has 0 amide bonds. The van der Waals surface area contributed by atoms with Crippen LogP contribution in [0.25, 0.3) is 21.9 Å². The van der Waals surface area contributed by atoms with Crippen molar-refractivity contribution in [3.63, 3.8) is 0 Å². The maximum atomic E-state index is 5.92. The molecule has 0 unspecified atom stereocenters. The van der Waals surface area contributed by atoms with Gasteiger partial charge in [0.05, 0.1) is 0 Å². The maximum Gasteiger partial charge on any atom is 0.136 e. The Labute approximate surface area is 98.5 Å². The van der Waals surface area contributed by atoms with Gasteiger partial charge in [0.25, 0.3) is 0 Å². The molecule has 2 heteroatoms. The van der Waals surface area contributed by atoms with Gasteiger partial charge in [0.2, 0.25) is 0 Å². The number of pyridine rings is 1. The number of nitrogens with zero attached hydrogens (tertiary/aromatic N) is 1. The highest BCUT2D eigenvalue weighted by Crippen LogP contribution is 2.45. The van der Waals surface area contributed by atoms with Crippen LogP contribution in [-0.4, -0.2) is 4.98 Å². The molecule has 1 aromatic heterocycles. The number of para-hydroxylation sites is 1. The van der Waals surface area contributed by atoms with Crippen LogP contribution in [0.4, 0.5) is 0 Å². The van der Waals surface area contributed by atoms with E-state index in [1.54, 1.807) is 0 Å². The summed E-state index contributed by atoms with van der Waals surface area (Å²) in [5.74, 6) is 1.82. The Bertz CT molecular complexity index is 729. The summed E-state index contributed by atoms with van der Waals surface area (Å²) in [6.45, 7) is 0.